The zero-order valence-electron chi connectivity index (χ0n) is 21.3. The number of benzene rings is 1. The van der Waals surface area contributed by atoms with Crippen LogP contribution in [0.5, 0.6) is 0 Å². The quantitative estimate of drug-likeness (QED) is 0.294. The van der Waals surface area contributed by atoms with Crippen LogP contribution in [0.4, 0.5) is 4.39 Å². The van der Waals surface area contributed by atoms with Crippen molar-refractivity contribution in [3.8, 4) is 11.1 Å². The molecule has 38 heavy (non-hydrogen) atoms. The number of carbonyl (C=O) groups is 2. The van der Waals surface area contributed by atoms with Crippen LogP contribution >= 0.6 is 0 Å². The second-order valence-corrected chi connectivity index (χ2v) is 9.90. The second kappa shape index (κ2) is 10.2. The smallest absolute Gasteiger partial charge is 0.338 e. The summed E-state index contributed by atoms with van der Waals surface area (Å²) >= 11 is 0. The third kappa shape index (κ3) is 4.58. The SMILES string of the molecule is CC(=O)C(=C(C)N)c1cnc2c(-c3ccc(C(=O)O)c(F)c3)cn(C(c3ccccn3)C3CCCC3)c2c1. The Balaban J connectivity index is 1.79. The Labute approximate surface area is 219 Å². The van der Waals surface area contributed by atoms with Gasteiger partial charge < -0.3 is 15.4 Å². The highest BCUT2D eigenvalue weighted by Gasteiger charge is 2.31. The number of aromatic carboxylic acids is 1. The van der Waals surface area contributed by atoms with E-state index in [1.54, 1.807) is 25.4 Å². The summed E-state index contributed by atoms with van der Waals surface area (Å²) in [6.07, 6.45) is 9.70. The molecule has 8 heteroatoms. The lowest BCUT2D eigenvalue weighted by molar-refractivity contribution is -0.111. The average molecular weight is 513 g/mol. The summed E-state index contributed by atoms with van der Waals surface area (Å²) in [4.78, 5) is 33.3. The van der Waals surface area contributed by atoms with E-state index in [4.69, 9.17) is 15.7 Å². The lowest BCUT2D eigenvalue weighted by atomic mass is 9.94. The highest BCUT2D eigenvalue weighted by Crippen LogP contribution is 2.42. The number of carboxylic acid groups (broad SMARTS) is 1. The molecular formula is C30H29FN4O3. The normalized spacial score (nSPS) is 15.4. The van der Waals surface area contributed by atoms with E-state index >= 15 is 0 Å². The molecule has 4 aromatic rings. The number of allylic oxidation sites excluding steroid dienone is 2. The molecule has 0 aliphatic heterocycles. The van der Waals surface area contributed by atoms with Gasteiger partial charge in [-0.05, 0) is 68.5 Å². The van der Waals surface area contributed by atoms with Crippen LogP contribution in [-0.4, -0.2) is 31.4 Å². The van der Waals surface area contributed by atoms with Crippen LogP contribution in [0.15, 0.2) is 66.8 Å². The Morgan fingerprint density at radius 3 is 2.47 bits per heavy atom. The number of hydrogen-bond donors (Lipinski definition) is 2. The standard InChI is InChI=1S/C30H29FN4O3/c1-17(32)27(18(2)36)21-14-26-28(34-15-21)23(20-10-11-22(30(37)38)24(31)13-20)16-35(26)29(19-7-3-4-8-19)25-9-5-6-12-33-25/h5-6,9-16,19,29H,3-4,7-8,32H2,1-2H3,(H,37,38). The van der Waals surface area contributed by atoms with E-state index < -0.39 is 11.8 Å². The van der Waals surface area contributed by atoms with Crippen LogP contribution < -0.4 is 5.73 Å². The van der Waals surface area contributed by atoms with E-state index in [1.165, 1.54) is 19.1 Å². The van der Waals surface area contributed by atoms with E-state index in [0.717, 1.165) is 36.9 Å². The Kier molecular flexibility index (Phi) is 6.80. The number of nitrogens with two attached hydrogens (primary N) is 1. The summed E-state index contributed by atoms with van der Waals surface area (Å²) < 4.78 is 16.9. The molecule has 0 bridgehead atoms. The highest BCUT2D eigenvalue weighted by molar-refractivity contribution is 6.20. The highest BCUT2D eigenvalue weighted by atomic mass is 19.1. The summed E-state index contributed by atoms with van der Waals surface area (Å²) in [6.45, 7) is 3.16. The van der Waals surface area contributed by atoms with Gasteiger partial charge in [0, 0.05) is 41.0 Å². The summed E-state index contributed by atoms with van der Waals surface area (Å²) in [5.74, 6) is -1.96. The van der Waals surface area contributed by atoms with Crippen molar-refractivity contribution < 1.29 is 19.1 Å². The molecule has 3 N–H and O–H groups in total. The van der Waals surface area contributed by atoms with Crippen molar-refractivity contribution in [2.75, 3.05) is 0 Å². The summed E-state index contributed by atoms with van der Waals surface area (Å²) in [5.41, 5.74) is 10.6. The van der Waals surface area contributed by atoms with E-state index in [1.807, 2.05) is 30.5 Å². The molecule has 3 aromatic heterocycles. The number of aromatic nitrogens is 3. The molecule has 1 atom stereocenters. The van der Waals surface area contributed by atoms with Crippen LogP contribution in [0.3, 0.4) is 0 Å². The second-order valence-electron chi connectivity index (χ2n) is 9.90. The predicted molar refractivity (Wildman–Crippen MR) is 144 cm³/mol. The minimum Gasteiger partial charge on any atom is -0.478 e. The van der Waals surface area contributed by atoms with Crippen molar-refractivity contribution in [3.05, 3.63) is 89.4 Å². The first-order chi connectivity index (χ1) is 18.3. The van der Waals surface area contributed by atoms with Gasteiger partial charge in [-0.15, -0.1) is 0 Å². The number of hydrogen-bond acceptors (Lipinski definition) is 5. The van der Waals surface area contributed by atoms with Gasteiger partial charge in [-0.1, -0.05) is 25.0 Å². The molecule has 3 heterocycles. The van der Waals surface area contributed by atoms with Gasteiger partial charge in [-0.2, -0.15) is 0 Å². The maximum Gasteiger partial charge on any atom is 0.338 e. The number of rotatable bonds is 7. The zero-order chi connectivity index (χ0) is 27.0. The number of Topliss-reactive ketones (excluding diaryl/α,β-unsaturated/α-hetero) is 1. The molecular weight excluding hydrogens is 483 g/mol. The van der Waals surface area contributed by atoms with E-state index in [0.29, 0.717) is 39.4 Å². The van der Waals surface area contributed by atoms with Gasteiger partial charge in [0.25, 0.3) is 0 Å². The van der Waals surface area contributed by atoms with Gasteiger partial charge >= 0.3 is 5.97 Å². The van der Waals surface area contributed by atoms with Crippen molar-refractivity contribution in [2.45, 2.75) is 45.6 Å². The average Bonchev–Trinajstić information content (AvgIpc) is 3.53. The van der Waals surface area contributed by atoms with Crippen molar-refractivity contribution in [3.63, 3.8) is 0 Å². The van der Waals surface area contributed by atoms with Gasteiger partial charge in [-0.3, -0.25) is 14.8 Å². The van der Waals surface area contributed by atoms with Crippen LogP contribution in [-0.2, 0) is 4.79 Å². The number of carbonyl (C=O) groups excluding carboxylic acids is 1. The minimum absolute atomic E-state index is 0.0983. The molecule has 1 unspecified atom stereocenters. The molecule has 0 saturated heterocycles. The Morgan fingerprint density at radius 2 is 1.87 bits per heavy atom. The van der Waals surface area contributed by atoms with Crippen molar-refractivity contribution in [1.82, 2.24) is 14.5 Å². The number of ketones is 1. The van der Waals surface area contributed by atoms with E-state index in [-0.39, 0.29) is 17.4 Å². The lowest BCUT2D eigenvalue weighted by Crippen LogP contribution is -2.19. The van der Waals surface area contributed by atoms with E-state index in [2.05, 4.69) is 4.57 Å². The summed E-state index contributed by atoms with van der Waals surface area (Å²) in [5, 5.41) is 9.29. The molecule has 1 aliphatic rings. The first kappa shape index (κ1) is 25.3. The molecule has 1 aliphatic carbocycles. The fourth-order valence-corrected chi connectivity index (χ4v) is 5.71. The largest absolute Gasteiger partial charge is 0.478 e. The fraction of sp³-hybridized carbons (Fsp3) is 0.267. The maximum atomic E-state index is 14.7. The zero-order valence-corrected chi connectivity index (χ0v) is 21.3. The minimum atomic E-state index is -1.32. The topological polar surface area (TPSA) is 111 Å². The fourth-order valence-electron chi connectivity index (χ4n) is 5.71. The maximum absolute atomic E-state index is 14.7. The van der Waals surface area contributed by atoms with Gasteiger partial charge in [0.15, 0.2) is 5.78 Å². The van der Waals surface area contributed by atoms with Crippen molar-refractivity contribution in [1.29, 1.82) is 0 Å². The van der Waals surface area contributed by atoms with Crippen LogP contribution in [0, 0.1) is 11.7 Å². The number of carboxylic acids is 1. The monoisotopic (exact) mass is 512 g/mol. The number of pyridine rings is 2. The molecule has 1 fully saturated rings. The van der Waals surface area contributed by atoms with Gasteiger partial charge in [0.05, 0.1) is 28.3 Å². The molecule has 0 amide bonds. The Hall–Kier alpha value is -4.33. The van der Waals surface area contributed by atoms with Crippen molar-refractivity contribution >= 4 is 28.4 Å². The summed E-state index contributed by atoms with van der Waals surface area (Å²) in [7, 11) is 0. The molecule has 1 aromatic carbocycles. The first-order valence-electron chi connectivity index (χ1n) is 12.7. The van der Waals surface area contributed by atoms with Crippen LogP contribution in [0.25, 0.3) is 27.7 Å². The van der Waals surface area contributed by atoms with Gasteiger partial charge in [0.1, 0.15) is 5.82 Å². The molecule has 0 radical (unpaired) electrons. The predicted octanol–water partition coefficient (Wildman–Crippen LogP) is 5.99. The van der Waals surface area contributed by atoms with Gasteiger partial charge in [0.2, 0.25) is 0 Å². The summed E-state index contributed by atoms with van der Waals surface area (Å²) in [6, 6.07) is 11.8. The third-order valence-electron chi connectivity index (χ3n) is 7.35. The van der Waals surface area contributed by atoms with Gasteiger partial charge in [-0.25, -0.2) is 9.18 Å². The molecule has 0 spiro atoms. The third-order valence-corrected chi connectivity index (χ3v) is 7.35. The molecule has 7 nitrogen and oxygen atoms in total. The van der Waals surface area contributed by atoms with Crippen LogP contribution in [0.2, 0.25) is 0 Å². The number of nitrogens with zero attached hydrogens (tertiary/aromatic N) is 3. The lowest BCUT2D eigenvalue weighted by Gasteiger charge is -2.26. The molecule has 194 valence electrons. The number of fused-ring (bicyclic) bond motifs is 1. The first-order valence-corrected chi connectivity index (χ1v) is 12.7. The Morgan fingerprint density at radius 1 is 1.11 bits per heavy atom. The molecule has 5 rings (SSSR count). The molecule has 1 saturated carbocycles. The number of halogens is 1. The Bertz CT molecular complexity index is 1570. The van der Waals surface area contributed by atoms with Crippen LogP contribution in [0.1, 0.15) is 67.2 Å². The van der Waals surface area contributed by atoms with E-state index in [9.17, 15) is 19.1 Å². The van der Waals surface area contributed by atoms with Crippen molar-refractivity contribution in [2.24, 2.45) is 11.7 Å².